The Morgan fingerprint density at radius 1 is 1.27 bits per heavy atom. The lowest BCUT2D eigenvalue weighted by molar-refractivity contribution is 0.0505. The number of guanidine groups is 1. The lowest BCUT2D eigenvalue weighted by Crippen LogP contribution is -2.48. The third-order valence-corrected chi connectivity index (χ3v) is 6.90. The summed E-state index contributed by atoms with van der Waals surface area (Å²) in [6.45, 7) is 7.55. The molecule has 0 bridgehead atoms. The zero-order valence-corrected chi connectivity index (χ0v) is 21.5. The number of hydrogen-bond acceptors (Lipinski definition) is 4. The molecule has 2 aromatic rings. The number of ether oxygens (including phenoxy) is 2. The highest BCUT2D eigenvalue weighted by Crippen LogP contribution is 2.40. The fourth-order valence-electron chi connectivity index (χ4n) is 3.94. The number of methoxy groups -OCH3 is 1. The first-order valence-corrected chi connectivity index (χ1v) is 11.2. The zero-order chi connectivity index (χ0) is 20.7. The predicted octanol–water partition coefficient (Wildman–Crippen LogP) is 4.70. The van der Waals surface area contributed by atoms with Gasteiger partial charge in [-0.25, -0.2) is 0 Å². The molecule has 1 aromatic heterocycles. The molecule has 2 N–H and O–H groups in total. The minimum Gasteiger partial charge on any atom is -0.496 e. The van der Waals surface area contributed by atoms with Crippen LogP contribution in [0.15, 0.2) is 40.7 Å². The molecule has 1 aliphatic heterocycles. The largest absolute Gasteiger partial charge is 0.496 e. The summed E-state index contributed by atoms with van der Waals surface area (Å²) < 4.78 is 11.4. The molecule has 166 valence electrons. The molecule has 1 saturated heterocycles. The van der Waals surface area contributed by atoms with Gasteiger partial charge < -0.3 is 20.1 Å². The van der Waals surface area contributed by atoms with E-state index in [2.05, 4.69) is 65.2 Å². The number of benzene rings is 1. The maximum atomic E-state index is 5.72. The molecule has 1 aliphatic rings. The monoisotopic (exact) mass is 543 g/mol. The molecule has 0 radical (unpaired) electrons. The summed E-state index contributed by atoms with van der Waals surface area (Å²) in [5, 5.41) is 9.20. The predicted molar refractivity (Wildman–Crippen MR) is 137 cm³/mol. The van der Waals surface area contributed by atoms with Crippen molar-refractivity contribution in [2.75, 3.05) is 40.5 Å². The molecule has 1 atom stereocenters. The third-order valence-electron chi connectivity index (χ3n) is 5.80. The van der Waals surface area contributed by atoms with E-state index >= 15 is 0 Å². The molecule has 0 spiro atoms. The van der Waals surface area contributed by atoms with Crippen molar-refractivity contribution in [1.82, 2.24) is 10.6 Å². The van der Waals surface area contributed by atoms with Crippen LogP contribution in [-0.2, 0) is 10.2 Å². The Labute approximate surface area is 201 Å². The van der Waals surface area contributed by atoms with Crippen LogP contribution in [0.25, 0.3) is 0 Å². The van der Waals surface area contributed by atoms with Crippen LogP contribution in [0.4, 0.5) is 0 Å². The molecule has 0 aliphatic carbocycles. The number of aliphatic imine (C=N–C) groups is 1. The maximum absolute atomic E-state index is 5.72. The van der Waals surface area contributed by atoms with Crippen molar-refractivity contribution in [3.05, 3.63) is 51.7 Å². The Bertz CT molecular complexity index is 805. The van der Waals surface area contributed by atoms with Gasteiger partial charge >= 0.3 is 0 Å². The van der Waals surface area contributed by atoms with E-state index in [0.29, 0.717) is 5.92 Å². The number of halogens is 1. The molecule has 7 heteroatoms. The maximum Gasteiger partial charge on any atom is 0.191 e. The number of rotatable bonds is 7. The molecular formula is C23H34IN3O2S. The van der Waals surface area contributed by atoms with Gasteiger partial charge in [-0.3, -0.25) is 4.99 Å². The highest BCUT2D eigenvalue weighted by molar-refractivity contribution is 14.0. The van der Waals surface area contributed by atoms with Crippen molar-refractivity contribution in [2.45, 2.75) is 38.0 Å². The van der Waals surface area contributed by atoms with Crippen LogP contribution in [0.5, 0.6) is 5.75 Å². The molecule has 0 amide bonds. The van der Waals surface area contributed by atoms with E-state index in [4.69, 9.17) is 9.47 Å². The van der Waals surface area contributed by atoms with Gasteiger partial charge in [-0.15, -0.1) is 35.3 Å². The lowest BCUT2D eigenvalue weighted by Gasteiger charge is -2.39. The van der Waals surface area contributed by atoms with Crippen molar-refractivity contribution in [2.24, 2.45) is 4.99 Å². The summed E-state index contributed by atoms with van der Waals surface area (Å²) in [7, 11) is 3.58. The fraction of sp³-hybridized carbons (Fsp3) is 0.522. The van der Waals surface area contributed by atoms with Crippen LogP contribution in [0.2, 0.25) is 0 Å². The molecule has 0 saturated carbocycles. The first-order valence-electron chi connectivity index (χ1n) is 10.3. The fourth-order valence-corrected chi connectivity index (χ4v) is 4.72. The average Bonchev–Trinajstić information content (AvgIpc) is 3.29. The van der Waals surface area contributed by atoms with E-state index in [1.165, 1.54) is 16.0 Å². The van der Waals surface area contributed by atoms with E-state index in [-0.39, 0.29) is 29.4 Å². The van der Waals surface area contributed by atoms with E-state index < -0.39 is 0 Å². The lowest BCUT2D eigenvalue weighted by atomic mass is 9.73. The highest BCUT2D eigenvalue weighted by atomic mass is 127. The molecule has 1 unspecified atom stereocenters. The number of aryl methyl sites for hydroxylation is 1. The van der Waals surface area contributed by atoms with E-state index in [0.717, 1.165) is 50.9 Å². The normalized spacial score (nSPS) is 17.0. The Morgan fingerprint density at radius 2 is 2.03 bits per heavy atom. The quantitative estimate of drug-likeness (QED) is 0.302. The van der Waals surface area contributed by atoms with Crippen molar-refractivity contribution >= 4 is 41.3 Å². The van der Waals surface area contributed by atoms with Gasteiger partial charge in [0.15, 0.2) is 5.96 Å². The van der Waals surface area contributed by atoms with Crippen LogP contribution in [-0.4, -0.2) is 46.4 Å². The van der Waals surface area contributed by atoms with Crippen LogP contribution in [0.3, 0.4) is 0 Å². The second kappa shape index (κ2) is 11.9. The molecular weight excluding hydrogens is 509 g/mol. The first kappa shape index (κ1) is 24.9. The van der Waals surface area contributed by atoms with Gasteiger partial charge in [0, 0.05) is 55.1 Å². The van der Waals surface area contributed by atoms with Crippen LogP contribution < -0.4 is 15.4 Å². The number of nitrogens with one attached hydrogen (secondary N) is 2. The topological polar surface area (TPSA) is 54.9 Å². The van der Waals surface area contributed by atoms with Gasteiger partial charge in [0.2, 0.25) is 0 Å². The minimum atomic E-state index is -0.0351. The van der Waals surface area contributed by atoms with Gasteiger partial charge in [-0.2, -0.15) is 0 Å². The zero-order valence-electron chi connectivity index (χ0n) is 18.4. The molecule has 1 aromatic carbocycles. The summed E-state index contributed by atoms with van der Waals surface area (Å²) in [5.74, 6) is 2.24. The Kier molecular flexibility index (Phi) is 9.90. The van der Waals surface area contributed by atoms with E-state index in [1.807, 2.05) is 7.05 Å². The molecule has 2 heterocycles. The van der Waals surface area contributed by atoms with Gasteiger partial charge in [0.1, 0.15) is 5.75 Å². The Morgan fingerprint density at radius 3 is 2.67 bits per heavy atom. The summed E-state index contributed by atoms with van der Waals surface area (Å²) in [4.78, 5) is 5.83. The minimum absolute atomic E-state index is 0. The molecule has 30 heavy (non-hydrogen) atoms. The third kappa shape index (κ3) is 6.11. The van der Waals surface area contributed by atoms with Gasteiger partial charge in [-0.05, 0) is 37.3 Å². The van der Waals surface area contributed by atoms with E-state index in [9.17, 15) is 0 Å². The molecule has 3 rings (SSSR count). The summed E-state index contributed by atoms with van der Waals surface area (Å²) in [6.07, 6.45) is 1.92. The van der Waals surface area contributed by atoms with Crippen molar-refractivity contribution < 1.29 is 9.47 Å². The number of thiophene rings is 1. The molecule has 1 fully saturated rings. The second-order valence-corrected chi connectivity index (χ2v) is 8.80. The average molecular weight is 544 g/mol. The van der Waals surface area contributed by atoms with Crippen LogP contribution >= 0.6 is 35.3 Å². The van der Waals surface area contributed by atoms with Crippen LogP contribution in [0.1, 0.15) is 41.7 Å². The summed E-state index contributed by atoms with van der Waals surface area (Å²) in [5.41, 5.74) is 2.48. The first-order chi connectivity index (χ1) is 14.1. The second-order valence-electron chi connectivity index (χ2n) is 7.82. The van der Waals surface area contributed by atoms with Crippen molar-refractivity contribution in [1.29, 1.82) is 0 Å². The summed E-state index contributed by atoms with van der Waals surface area (Å²) >= 11 is 1.80. The number of hydrogen-bond donors (Lipinski definition) is 2. The van der Waals surface area contributed by atoms with Crippen molar-refractivity contribution in [3.63, 3.8) is 0 Å². The van der Waals surface area contributed by atoms with Gasteiger partial charge in [0.05, 0.1) is 7.11 Å². The Hall–Kier alpha value is -1.32. The standard InChI is InChI=1S/C23H33N3O2S.HI/c1-17-7-8-20(27-4)19(14-17)23(9-11-28-12-10-23)16-26-22(24-3)25-15-18(2)21-6-5-13-29-21;/h5-8,13-14,18H,9-12,15-16H2,1-4H3,(H2,24,25,26);1H. The highest BCUT2D eigenvalue weighted by Gasteiger charge is 2.37. The van der Waals surface area contributed by atoms with Crippen molar-refractivity contribution in [3.8, 4) is 5.75 Å². The smallest absolute Gasteiger partial charge is 0.191 e. The molecule has 5 nitrogen and oxygen atoms in total. The Balaban J connectivity index is 0.00000320. The van der Waals surface area contributed by atoms with E-state index in [1.54, 1.807) is 18.4 Å². The summed E-state index contributed by atoms with van der Waals surface area (Å²) in [6, 6.07) is 10.7. The SMILES string of the molecule is CN=C(NCC(C)c1cccs1)NCC1(c2cc(C)ccc2OC)CCOCC1.I. The number of nitrogens with zero attached hydrogens (tertiary/aromatic N) is 1. The van der Waals surface area contributed by atoms with Gasteiger partial charge in [-0.1, -0.05) is 30.7 Å². The van der Waals surface area contributed by atoms with Crippen LogP contribution in [0, 0.1) is 6.92 Å². The van der Waals surface area contributed by atoms with Gasteiger partial charge in [0.25, 0.3) is 0 Å².